The smallest absolute Gasteiger partial charge is 0.252 e. The zero-order valence-corrected chi connectivity index (χ0v) is 42.9. The van der Waals surface area contributed by atoms with Crippen LogP contribution in [-0.2, 0) is 32.5 Å². The molecule has 2 aliphatic heterocycles. The summed E-state index contributed by atoms with van der Waals surface area (Å²) in [5.74, 6) is 0. The summed E-state index contributed by atoms with van der Waals surface area (Å²) in [7, 11) is 0. The predicted octanol–water partition coefficient (Wildman–Crippen LogP) is 15.5. The predicted molar refractivity (Wildman–Crippen MR) is 283 cm³/mol. The van der Waals surface area contributed by atoms with Crippen LogP contribution in [0.4, 0.5) is 34.1 Å². The SMILES string of the molecule is Cc1cc2c3c(c1)N(c1ccc(C(C)(C)C)cc1-c1cc(C(C)(C)C)cc(C(C)(C)C)c1)c1cc(C(C)(C)C)ccc1B3c1cc(C(C)(C)C)ccc1N2c1ccc(C(C)(C)C)cc1. The lowest BCUT2D eigenvalue weighted by molar-refractivity contribution is 0.569. The van der Waals surface area contributed by atoms with Gasteiger partial charge in [-0.25, -0.2) is 0 Å². The van der Waals surface area contributed by atoms with E-state index in [1.165, 1.54) is 101 Å². The molecule has 0 aromatic heterocycles. The van der Waals surface area contributed by atoms with Crippen molar-refractivity contribution in [2.24, 2.45) is 0 Å². The summed E-state index contributed by atoms with van der Waals surface area (Å²) in [6, 6.07) is 43.8. The van der Waals surface area contributed by atoms with Crippen molar-refractivity contribution < 1.29 is 0 Å². The van der Waals surface area contributed by atoms with E-state index in [2.05, 4.69) is 251 Å². The van der Waals surface area contributed by atoms with Crippen molar-refractivity contribution in [3.05, 3.63) is 148 Å². The number of nitrogens with zero attached hydrogens (tertiary/aromatic N) is 2. The Morgan fingerprint density at radius 3 is 1.28 bits per heavy atom. The molecule has 8 rings (SSSR count). The Bertz CT molecular complexity index is 2750. The zero-order valence-electron chi connectivity index (χ0n) is 42.9. The number of benzene rings is 6. The second-order valence-corrected chi connectivity index (χ2v) is 25.4. The molecule has 0 saturated carbocycles. The maximum atomic E-state index is 2.66. The van der Waals surface area contributed by atoms with Crippen LogP contribution in [0.3, 0.4) is 0 Å². The highest BCUT2D eigenvalue weighted by Crippen LogP contribution is 2.49. The summed E-state index contributed by atoms with van der Waals surface area (Å²) >= 11 is 0. The van der Waals surface area contributed by atoms with Crippen LogP contribution in [0.5, 0.6) is 0 Å². The molecule has 0 bridgehead atoms. The van der Waals surface area contributed by atoms with E-state index in [9.17, 15) is 0 Å². The van der Waals surface area contributed by atoms with Crippen LogP contribution in [-0.4, -0.2) is 6.71 Å². The van der Waals surface area contributed by atoms with Gasteiger partial charge < -0.3 is 9.80 Å². The molecule has 2 nitrogen and oxygen atoms in total. The Kier molecular flexibility index (Phi) is 10.7. The summed E-state index contributed by atoms with van der Waals surface area (Å²) < 4.78 is 0. The molecule has 3 heteroatoms. The quantitative estimate of drug-likeness (QED) is 0.163. The molecule has 6 aromatic rings. The average molecular weight is 847 g/mol. The zero-order chi connectivity index (χ0) is 46.9. The summed E-state index contributed by atoms with van der Waals surface area (Å²) in [5, 5.41) is 0. The summed E-state index contributed by atoms with van der Waals surface area (Å²) in [6.45, 7) is 44.5. The van der Waals surface area contributed by atoms with Crippen molar-refractivity contribution in [2.75, 3.05) is 9.80 Å². The minimum Gasteiger partial charge on any atom is -0.311 e. The maximum Gasteiger partial charge on any atom is 0.252 e. The molecule has 0 aliphatic carbocycles. The van der Waals surface area contributed by atoms with Crippen molar-refractivity contribution >= 4 is 57.2 Å². The number of aryl methyl sites for hydroxylation is 1. The molecule has 0 unspecified atom stereocenters. The van der Waals surface area contributed by atoms with Gasteiger partial charge in [0.25, 0.3) is 6.71 Å². The van der Waals surface area contributed by atoms with E-state index in [0.717, 1.165) is 0 Å². The van der Waals surface area contributed by atoms with Gasteiger partial charge in [-0.05, 0) is 149 Å². The largest absolute Gasteiger partial charge is 0.311 e. The highest BCUT2D eigenvalue weighted by molar-refractivity contribution is 7.00. The van der Waals surface area contributed by atoms with Crippen LogP contribution in [0.15, 0.2) is 109 Å². The number of anilines is 6. The molecule has 2 aliphatic rings. The minimum atomic E-state index is -0.0415. The summed E-state index contributed by atoms with van der Waals surface area (Å²) in [4.78, 5) is 5.23. The summed E-state index contributed by atoms with van der Waals surface area (Å²) in [5.41, 5.74) is 23.3. The van der Waals surface area contributed by atoms with Crippen LogP contribution in [0.1, 0.15) is 164 Å². The first-order valence-electron chi connectivity index (χ1n) is 23.9. The normalized spacial score (nSPS) is 14.4. The maximum absolute atomic E-state index is 2.66. The first-order valence-corrected chi connectivity index (χ1v) is 23.9. The third-order valence-electron chi connectivity index (χ3n) is 14.0. The van der Waals surface area contributed by atoms with Crippen LogP contribution in [0, 0.1) is 6.92 Å². The van der Waals surface area contributed by atoms with Gasteiger partial charge in [0.15, 0.2) is 0 Å². The number of hydrogen-bond acceptors (Lipinski definition) is 2. The minimum absolute atomic E-state index is 0.0125. The lowest BCUT2D eigenvalue weighted by Gasteiger charge is -2.45. The molecular weight excluding hydrogens is 771 g/mol. The molecule has 0 atom stereocenters. The van der Waals surface area contributed by atoms with Gasteiger partial charge in [-0.1, -0.05) is 185 Å². The standard InChI is InChI=1S/C61H75BN2/c1-38-30-53-55-54(31-38)64(50-28-23-41(57(5,6)7)35-47(50)39-32-44(60(14,15)16)34-45(33-39)61(17,18)19)52-37-43(59(11,12)13)22-27-48(52)62(55)49-36-42(58(8,9)10)24-29-51(49)63(53)46-25-20-40(21-26-46)56(2,3)4/h20-37H,1-19H3. The average Bonchev–Trinajstić information content (AvgIpc) is 3.18. The fourth-order valence-corrected chi connectivity index (χ4v) is 9.79. The van der Waals surface area contributed by atoms with E-state index in [1.54, 1.807) is 0 Å². The van der Waals surface area contributed by atoms with Gasteiger partial charge in [0.1, 0.15) is 0 Å². The van der Waals surface area contributed by atoms with E-state index in [0.29, 0.717) is 0 Å². The van der Waals surface area contributed by atoms with E-state index in [1.807, 2.05) is 0 Å². The lowest BCUT2D eigenvalue weighted by Crippen LogP contribution is -2.61. The highest BCUT2D eigenvalue weighted by atomic mass is 15.2. The number of fused-ring (bicyclic) bond motifs is 4. The molecule has 332 valence electrons. The van der Waals surface area contributed by atoms with Crippen molar-refractivity contribution in [1.82, 2.24) is 0 Å². The molecule has 2 heterocycles. The van der Waals surface area contributed by atoms with Crippen LogP contribution >= 0.6 is 0 Å². The Morgan fingerprint density at radius 2 is 0.766 bits per heavy atom. The van der Waals surface area contributed by atoms with Gasteiger partial charge in [-0.2, -0.15) is 0 Å². The van der Waals surface area contributed by atoms with E-state index < -0.39 is 0 Å². The molecule has 6 aromatic carbocycles. The molecule has 0 fully saturated rings. The van der Waals surface area contributed by atoms with Crippen LogP contribution < -0.4 is 26.2 Å². The van der Waals surface area contributed by atoms with Gasteiger partial charge in [0, 0.05) is 34.0 Å². The van der Waals surface area contributed by atoms with Gasteiger partial charge in [0.2, 0.25) is 0 Å². The van der Waals surface area contributed by atoms with E-state index in [4.69, 9.17) is 0 Å². The monoisotopic (exact) mass is 847 g/mol. The number of rotatable bonds is 3. The molecule has 0 amide bonds. The molecule has 0 spiro atoms. The van der Waals surface area contributed by atoms with Crippen molar-refractivity contribution in [1.29, 1.82) is 0 Å². The molecule has 0 saturated heterocycles. The van der Waals surface area contributed by atoms with E-state index in [-0.39, 0.29) is 39.2 Å². The van der Waals surface area contributed by atoms with Gasteiger partial charge >= 0.3 is 0 Å². The van der Waals surface area contributed by atoms with Crippen molar-refractivity contribution in [3.63, 3.8) is 0 Å². The Hall–Kier alpha value is -5.02. The van der Waals surface area contributed by atoms with Crippen molar-refractivity contribution in [2.45, 2.75) is 164 Å². The van der Waals surface area contributed by atoms with Gasteiger partial charge in [-0.3, -0.25) is 0 Å². The highest BCUT2D eigenvalue weighted by Gasteiger charge is 2.45. The first-order chi connectivity index (χ1) is 29.4. The first kappa shape index (κ1) is 45.5. The molecule has 0 N–H and O–H groups in total. The fourth-order valence-electron chi connectivity index (χ4n) is 9.79. The molecule has 0 radical (unpaired) electrons. The molecule has 64 heavy (non-hydrogen) atoms. The summed E-state index contributed by atoms with van der Waals surface area (Å²) in [6.07, 6.45) is 0. The van der Waals surface area contributed by atoms with Crippen LogP contribution in [0.25, 0.3) is 11.1 Å². The third-order valence-corrected chi connectivity index (χ3v) is 14.0. The topological polar surface area (TPSA) is 6.48 Å². The second-order valence-electron chi connectivity index (χ2n) is 25.4. The van der Waals surface area contributed by atoms with E-state index >= 15 is 0 Å². The Labute approximate surface area is 388 Å². The van der Waals surface area contributed by atoms with Gasteiger partial charge in [-0.15, -0.1) is 0 Å². The Morgan fingerprint density at radius 1 is 0.328 bits per heavy atom. The molecular formula is C61H75BN2. The Balaban J connectivity index is 1.51. The third kappa shape index (κ3) is 8.16. The van der Waals surface area contributed by atoms with Gasteiger partial charge in [0.05, 0.1) is 5.69 Å². The van der Waals surface area contributed by atoms with Crippen molar-refractivity contribution in [3.8, 4) is 11.1 Å². The number of hydrogen-bond donors (Lipinski definition) is 0. The second kappa shape index (κ2) is 15.0. The van der Waals surface area contributed by atoms with Crippen LogP contribution in [0.2, 0.25) is 0 Å². The fraction of sp³-hybridized carbons (Fsp3) is 0.410. The lowest BCUT2D eigenvalue weighted by atomic mass is 9.33.